The normalized spacial score (nSPS) is 23.2. The summed E-state index contributed by atoms with van der Waals surface area (Å²) in [5, 5.41) is 9.38. The third kappa shape index (κ3) is 3.29. The Hall–Kier alpha value is -1.48. The van der Waals surface area contributed by atoms with E-state index < -0.39 is 5.97 Å². The van der Waals surface area contributed by atoms with Crippen LogP contribution in [0.25, 0.3) is 6.08 Å². The number of carboxylic acids is 1. The van der Waals surface area contributed by atoms with E-state index in [-0.39, 0.29) is 0 Å². The highest BCUT2D eigenvalue weighted by Gasteiger charge is 2.27. The molecule has 0 amide bonds. The number of hydrogen-bond donors (Lipinski definition) is 1. The molecule has 4 heteroatoms. The molecule has 102 valence electrons. The number of halogens is 1. The third-order valence-corrected chi connectivity index (χ3v) is 3.72. The topological polar surface area (TPSA) is 40.5 Å². The van der Waals surface area contributed by atoms with Crippen molar-refractivity contribution in [3.8, 4) is 0 Å². The van der Waals surface area contributed by atoms with Gasteiger partial charge in [0, 0.05) is 29.4 Å². The molecular formula is C15H18ClNO2. The number of carbonyl (C=O) groups is 1. The van der Waals surface area contributed by atoms with E-state index in [1.807, 2.05) is 18.2 Å². The van der Waals surface area contributed by atoms with Crippen LogP contribution in [-0.2, 0) is 4.79 Å². The van der Waals surface area contributed by atoms with Crippen LogP contribution >= 0.6 is 11.6 Å². The largest absolute Gasteiger partial charge is 0.478 e. The zero-order valence-corrected chi connectivity index (χ0v) is 11.9. The van der Waals surface area contributed by atoms with Gasteiger partial charge in [0.2, 0.25) is 0 Å². The summed E-state index contributed by atoms with van der Waals surface area (Å²) in [6.07, 6.45) is 3.92. The van der Waals surface area contributed by atoms with Gasteiger partial charge in [0.25, 0.3) is 0 Å². The van der Waals surface area contributed by atoms with Crippen LogP contribution in [0.5, 0.6) is 0 Å². The van der Waals surface area contributed by atoms with Gasteiger partial charge in [-0.25, -0.2) is 4.79 Å². The fourth-order valence-electron chi connectivity index (χ4n) is 2.72. The highest BCUT2D eigenvalue weighted by atomic mass is 35.5. The molecule has 0 aromatic heterocycles. The molecule has 0 radical (unpaired) electrons. The summed E-state index contributed by atoms with van der Waals surface area (Å²) in [5.41, 5.74) is 1.91. The fourth-order valence-corrected chi connectivity index (χ4v) is 2.90. The van der Waals surface area contributed by atoms with E-state index in [2.05, 4.69) is 18.7 Å². The van der Waals surface area contributed by atoms with Crippen LogP contribution in [-0.4, -0.2) is 23.7 Å². The van der Waals surface area contributed by atoms with Crippen molar-refractivity contribution in [3.63, 3.8) is 0 Å². The predicted molar refractivity (Wildman–Crippen MR) is 78.7 cm³/mol. The van der Waals surface area contributed by atoms with Crippen LogP contribution in [0.1, 0.15) is 25.8 Å². The molecule has 1 aliphatic heterocycles. The maximum absolute atomic E-state index is 10.7. The smallest absolute Gasteiger partial charge is 0.328 e. The van der Waals surface area contributed by atoms with E-state index in [4.69, 9.17) is 16.7 Å². The lowest BCUT2D eigenvalue weighted by atomic mass is 10.1. The van der Waals surface area contributed by atoms with Crippen molar-refractivity contribution in [1.82, 2.24) is 0 Å². The second-order valence-electron chi connectivity index (χ2n) is 5.22. The molecule has 1 aromatic rings. The van der Waals surface area contributed by atoms with E-state index in [9.17, 15) is 4.79 Å². The summed E-state index contributed by atoms with van der Waals surface area (Å²) in [5.74, 6) is -0.296. The van der Waals surface area contributed by atoms with Gasteiger partial charge in [-0.2, -0.15) is 0 Å². The Morgan fingerprint density at radius 2 is 2.21 bits per heavy atom. The molecule has 3 nitrogen and oxygen atoms in total. The Kier molecular flexibility index (Phi) is 4.15. The Labute approximate surface area is 118 Å². The van der Waals surface area contributed by atoms with Crippen LogP contribution < -0.4 is 4.90 Å². The van der Waals surface area contributed by atoms with Crippen molar-refractivity contribution in [3.05, 3.63) is 34.9 Å². The first-order valence-electron chi connectivity index (χ1n) is 6.44. The standard InChI is InChI=1S/C15H18ClNO2/c1-10-7-11(2)17(9-10)14-5-4-13(16)8-12(14)3-6-15(18)19/h3-6,8,10-11H,7,9H2,1-2H3,(H,18,19)/b6-3+. The predicted octanol–water partition coefficient (Wildman–Crippen LogP) is 3.67. The molecule has 1 aliphatic rings. The lowest BCUT2D eigenvalue weighted by Crippen LogP contribution is -2.27. The number of benzene rings is 1. The maximum atomic E-state index is 10.7. The van der Waals surface area contributed by atoms with E-state index in [0.29, 0.717) is 17.0 Å². The number of rotatable bonds is 3. The van der Waals surface area contributed by atoms with Crippen molar-refractivity contribution < 1.29 is 9.90 Å². The molecule has 1 heterocycles. The molecule has 19 heavy (non-hydrogen) atoms. The summed E-state index contributed by atoms with van der Waals surface area (Å²) in [4.78, 5) is 13.0. The minimum atomic E-state index is -0.950. The Morgan fingerprint density at radius 1 is 1.47 bits per heavy atom. The molecule has 1 aromatic carbocycles. The van der Waals surface area contributed by atoms with Crippen molar-refractivity contribution in [1.29, 1.82) is 0 Å². The molecule has 1 saturated heterocycles. The van der Waals surface area contributed by atoms with Gasteiger partial charge < -0.3 is 10.0 Å². The highest BCUT2D eigenvalue weighted by molar-refractivity contribution is 6.30. The van der Waals surface area contributed by atoms with E-state index >= 15 is 0 Å². The van der Waals surface area contributed by atoms with E-state index in [1.165, 1.54) is 0 Å². The van der Waals surface area contributed by atoms with Crippen molar-refractivity contribution >= 4 is 29.3 Å². The molecule has 1 N–H and O–H groups in total. The Balaban J connectivity index is 2.36. The summed E-state index contributed by atoms with van der Waals surface area (Å²) >= 11 is 6.00. The molecule has 0 saturated carbocycles. The average Bonchev–Trinajstić information content (AvgIpc) is 2.66. The summed E-state index contributed by atoms with van der Waals surface area (Å²) in [7, 11) is 0. The first-order valence-corrected chi connectivity index (χ1v) is 6.82. The summed E-state index contributed by atoms with van der Waals surface area (Å²) in [6.45, 7) is 5.43. The van der Waals surface area contributed by atoms with E-state index in [1.54, 1.807) is 6.08 Å². The first kappa shape index (κ1) is 13.9. The minimum Gasteiger partial charge on any atom is -0.478 e. The lowest BCUT2D eigenvalue weighted by molar-refractivity contribution is -0.131. The quantitative estimate of drug-likeness (QED) is 0.858. The van der Waals surface area contributed by atoms with Gasteiger partial charge in [-0.05, 0) is 49.1 Å². The van der Waals surface area contributed by atoms with Crippen LogP contribution in [0.2, 0.25) is 5.02 Å². The van der Waals surface area contributed by atoms with Gasteiger partial charge in [-0.15, -0.1) is 0 Å². The average molecular weight is 280 g/mol. The molecule has 2 rings (SSSR count). The number of nitrogens with zero attached hydrogens (tertiary/aromatic N) is 1. The van der Waals surface area contributed by atoms with Crippen molar-refractivity contribution in [2.45, 2.75) is 26.3 Å². The second-order valence-corrected chi connectivity index (χ2v) is 5.65. The van der Waals surface area contributed by atoms with Crippen LogP contribution in [0, 0.1) is 5.92 Å². The SMILES string of the molecule is CC1CC(C)N(c2ccc(Cl)cc2/C=C/C(=O)O)C1. The fraction of sp³-hybridized carbons (Fsp3) is 0.400. The molecular weight excluding hydrogens is 262 g/mol. The molecule has 2 atom stereocenters. The third-order valence-electron chi connectivity index (χ3n) is 3.49. The molecule has 0 bridgehead atoms. The number of anilines is 1. The number of carboxylic acid groups (broad SMARTS) is 1. The van der Waals surface area contributed by atoms with Crippen LogP contribution in [0.15, 0.2) is 24.3 Å². The molecule has 2 unspecified atom stereocenters. The van der Waals surface area contributed by atoms with Crippen molar-refractivity contribution in [2.75, 3.05) is 11.4 Å². The van der Waals surface area contributed by atoms with Crippen molar-refractivity contribution in [2.24, 2.45) is 5.92 Å². The number of aliphatic carboxylic acids is 1. The lowest BCUT2D eigenvalue weighted by Gasteiger charge is -2.26. The Morgan fingerprint density at radius 3 is 2.79 bits per heavy atom. The van der Waals surface area contributed by atoms with Gasteiger partial charge in [0.05, 0.1) is 0 Å². The highest BCUT2D eigenvalue weighted by Crippen LogP contribution is 2.33. The zero-order valence-electron chi connectivity index (χ0n) is 11.1. The van der Waals surface area contributed by atoms with Gasteiger partial charge in [0.15, 0.2) is 0 Å². The molecule has 0 spiro atoms. The minimum absolute atomic E-state index is 0.466. The van der Waals surface area contributed by atoms with E-state index in [0.717, 1.165) is 30.3 Å². The second kappa shape index (κ2) is 5.66. The molecule has 1 fully saturated rings. The molecule has 0 aliphatic carbocycles. The van der Waals surface area contributed by atoms with Crippen LogP contribution in [0.3, 0.4) is 0 Å². The maximum Gasteiger partial charge on any atom is 0.328 e. The summed E-state index contributed by atoms with van der Waals surface area (Å²) < 4.78 is 0. The van der Waals surface area contributed by atoms with Crippen LogP contribution in [0.4, 0.5) is 5.69 Å². The van der Waals surface area contributed by atoms with Gasteiger partial charge >= 0.3 is 5.97 Å². The van der Waals surface area contributed by atoms with Gasteiger partial charge in [0.1, 0.15) is 0 Å². The van der Waals surface area contributed by atoms with Gasteiger partial charge in [-0.3, -0.25) is 0 Å². The summed E-state index contributed by atoms with van der Waals surface area (Å²) in [6, 6.07) is 6.10. The monoisotopic (exact) mass is 279 g/mol. The zero-order chi connectivity index (χ0) is 14.0. The first-order chi connectivity index (χ1) is 8.97. The van der Waals surface area contributed by atoms with Gasteiger partial charge in [-0.1, -0.05) is 18.5 Å². The Bertz CT molecular complexity index is 513. The number of hydrogen-bond acceptors (Lipinski definition) is 2.